The number of carboxylic acid groups (broad SMARTS) is 1. The first-order chi connectivity index (χ1) is 8.52. The number of carbonyl (C=O) groups is 2. The van der Waals surface area contributed by atoms with Crippen LogP contribution in [0.25, 0.3) is 0 Å². The molecule has 0 atom stereocenters. The van der Waals surface area contributed by atoms with Gasteiger partial charge in [-0.25, -0.2) is 0 Å². The van der Waals surface area contributed by atoms with Crippen LogP contribution in [0.4, 0.5) is 0 Å². The molecule has 0 fully saturated rings. The van der Waals surface area contributed by atoms with Crippen LogP contribution in [0.2, 0.25) is 0 Å². The molecule has 0 radical (unpaired) electrons. The minimum atomic E-state index is -0.891. The van der Waals surface area contributed by atoms with Gasteiger partial charge in [-0.15, -0.1) is 0 Å². The predicted molar refractivity (Wildman–Crippen MR) is 72.1 cm³/mol. The van der Waals surface area contributed by atoms with Crippen molar-refractivity contribution in [3.05, 3.63) is 34.3 Å². The lowest BCUT2D eigenvalue weighted by Gasteiger charge is -2.21. The SMILES string of the molecule is CCC(=O)N(CCC(=O)O)Cc1cccc(Br)c1. The zero-order valence-corrected chi connectivity index (χ0v) is 11.8. The Morgan fingerprint density at radius 1 is 1.39 bits per heavy atom. The topological polar surface area (TPSA) is 57.6 Å². The number of rotatable bonds is 6. The van der Waals surface area contributed by atoms with E-state index in [1.54, 1.807) is 11.8 Å². The summed E-state index contributed by atoms with van der Waals surface area (Å²) in [6, 6.07) is 7.65. The first-order valence-corrected chi connectivity index (χ1v) is 6.56. The minimum Gasteiger partial charge on any atom is -0.481 e. The van der Waals surface area contributed by atoms with Crippen LogP contribution in [0.1, 0.15) is 25.3 Å². The van der Waals surface area contributed by atoms with Gasteiger partial charge in [0, 0.05) is 24.0 Å². The number of nitrogens with zero attached hydrogens (tertiary/aromatic N) is 1. The van der Waals surface area contributed by atoms with Crippen LogP contribution < -0.4 is 0 Å². The van der Waals surface area contributed by atoms with E-state index in [9.17, 15) is 9.59 Å². The van der Waals surface area contributed by atoms with Crippen molar-refractivity contribution in [2.24, 2.45) is 0 Å². The van der Waals surface area contributed by atoms with Crippen LogP contribution in [0.15, 0.2) is 28.7 Å². The fraction of sp³-hybridized carbons (Fsp3) is 0.385. The zero-order valence-electron chi connectivity index (χ0n) is 10.2. The highest BCUT2D eigenvalue weighted by molar-refractivity contribution is 9.10. The Hall–Kier alpha value is -1.36. The molecule has 0 unspecified atom stereocenters. The fourth-order valence-electron chi connectivity index (χ4n) is 1.60. The van der Waals surface area contributed by atoms with Gasteiger partial charge in [0.15, 0.2) is 0 Å². The van der Waals surface area contributed by atoms with Crippen molar-refractivity contribution in [3.8, 4) is 0 Å². The van der Waals surface area contributed by atoms with Crippen LogP contribution >= 0.6 is 15.9 Å². The van der Waals surface area contributed by atoms with Crippen LogP contribution in [-0.2, 0) is 16.1 Å². The molecule has 5 heteroatoms. The van der Waals surface area contributed by atoms with Gasteiger partial charge in [0.1, 0.15) is 0 Å². The molecule has 0 aliphatic rings. The quantitative estimate of drug-likeness (QED) is 0.878. The summed E-state index contributed by atoms with van der Waals surface area (Å²) in [6.07, 6.45) is 0.355. The van der Waals surface area contributed by atoms with Gasteiger partial charge in [-0.3, -0.25) is 9.59 Å². The van der Waals surface area contributed by atoms with Crippen molar-refractivity contribution in [1.82, 2.24) is 4.90 Å². The number of hydrogen-bond acceptors (Lipinski definition) is 2. The summed E-state index contributed by atoms with van der Waals surface area (Å²) in [6.45, 7) is 2.46. The van der Waals surface area contributed by atoms with E-state index in [-0.39, 0.29) is 18.9 Å². The smallest absolute Gasteiger partial charge is 0.305 e. The van der Waals surface area contributed by atoms with Gasteiger partial charge in [-0.05, 0) is 17.7 Å². The van der Waals surface area contributed by atoms with E-state index >= 15 is 0 Å². The van der Waals surface area contributed by atoms with E-state index in [0.717, 1.165) is 10.0 Å². The van der Waals surface area contributed by atoms with Crippen molar-refractivity contribution in [2.45, 2.75) is 26.3 Å². The van der Waals surface area contributed by atoms with Gasteiger partial charge in [0.05, 0.1) is 6.42 Å². The highest BCUT2D eigenvalue weighted by atomic mass is 79.9. The van der Waals surface area contributed by atoms with Gasteiger partial charge < -0.3 is 10.0 Å². The second-order valence-corrected chi connectivity index (χ2v) is 4.86. The van der Waals surface area contributed by atoms with Gasteiger partial charge in [0.2, 0.25) is 5.91 Å². The third-order valence-corrected chi connectivity index (χ3v) is 3.01. The standard InChI is InChI=1S/C13H16BrNO3/c1-2-12(16)15(7-6-13(17)18)9-10-4-3-5-11(14)8-10/h3-5,8H,2,6-7,9H2,1H3,(H,17,18). The number of halogens is 1. The normalized spacial score (nSPS) is 10.1. The number of carboxylic acids is 1. The number of amides is 1. The van der Waals surface area contributed by atoms with Crippen molar-refractivity contribution < 1.29 is 14.7 Å². The molecule has 0 saturated carbocycles. The average Bonchev–Trinajstić information content (AvgIpc) is 2.33. The maximum absolute atomic E-state index is 11.7. The zero-order chi connectivity index (χ0) is 13.5. The molecule has 0 saturated heterocycles. The monoisotopic (exact) mass is 313 g/mol. The molecule has 4 nitrogen and oxygen atoms in total. The molecule has 18 heavy (non-hydrogen) atoms. The lowest BCUT2D eigenvalue weighted by molar-refractivity contribution is -0.138. The second-order valence-electron chi connectivity index (χ2n) is 3.94. The third-order valence-electron chi connectivity index (χ3n) is 2.51. The first-order valence-electron chi connectivity index (χ1n) is 5.77. The van der Waals surface area contributed by atoms with Crippen LogP contribution in [0.3, 0.4) is 0 Å². The highest BCUT2D eigenvalue weighted by Crippen LogP contribution is 2.14. The molecule has 1 aromatic carbocycles. The first kappa shape index (κ1) is 14.7. The largest absolute Gasteiger partial charge is 0.481 e. The molecule has 0 bridgehead atoms. The van der Waals surface area contributed by atoms with E-state index < -0.39 is 5.97 Å². The Morgan fingerprint density at radius 2 is 2.11 bits per heavy atom. The van der Waals surface area contributed by atoms with Crippen LogP contribution in [0, 0.1) is 0 Å². The molecular weight excluding hydrogens is 298 g/mol. The molecule has 1 aromatic rings. The molecule has 0 heterocycles. The molecule has 1 N–H and O–H groups in total. The summed E-state index contributed by atoms with van der Waals surface area (Å²) < 4.78 is 0.946. The lowest BCUT2D eigenvalue weighted by atomic mass is 10.2. The highest BCUT2D eigenvalue weighted by Gasteiger charge is 2.13. The van der Waals surface area contributed by atoms with Crippen molar-refractivity contribution in [3.63, 3.8) is 0 Å². The number of hydrogen-bond donors (Lipinski definition) is 1. The molecule has 0 aromatic heterocycles. The number of aliphatic carboxylic acids is 1. The van der Waals surface area contributed by atoms with Gasteiger partial charge in [-0.2, -0.15) is 0 Å². The van der Waals surface area contributed by atoms with Gasteiger partial charge >= 0.3 is 5.97 Å². The minimum absolute atomic E-state index is 0.0280. The Balaban J connectivity index is 2.71. The Labute approximate surface area is 115 Å². The van der Waals surface area contributed by atoms with Crippen LogP contribution in [-0.4, -0.2) is 28.4 Å². The summed E-state index contributed by atoms with van der Waals surface area (Å²) in [5, 5.41) is 8.68. The maximum Gasteiger partial charge on any atom is 0.305 e. The molecule has 98 valence electrons. The Morgan fingerprint density at radius 3 is 2.67 bits per heavy atom. The summed E-state index contributed by atoms with van der Waals surface area (Å²) in [7, 11) is 0. The summed E-state index contributed by atoms with van der Waals surface area (Å²) in [4.78, 5) is 23.9. The summed E-state index contributed by atoms with van der Waals surface area (Å²) in [5.74, 6) is -0.922. The Bertz CT molecular complexity index is 434. The second kappa shape index (κ2) is 7.16. The molecular formula is C13H16BrNO3. The number of carbonyl (C=O) groups excluding carboxylic acids is 1. The molecule has 1 rings (SSSR count). The van der Waals surface area contributed by atoms with Gasteiger partial charge in [0.25, 0.3) is 0 Å². The van der Waals surface area contributed by atoms with Crippen LogP contribution in [0.5, 0.6) is 0 Å². The lowest BCUT2D eigenvalue weighted by Crippen LogP contribution is -2.31. The van der Waals surface area contributed by atoms with Crippen molar-refractivity contribution in [1.29, 1.82) is 0 Å². The van der Waals surface area contributed by atoms with E-state index in [0.29, 0.717) is 13.0 Å². The molecule has 0 spiro atoms. The number of benzene rings is 1. The van der Waals surface area contributed by atoms with Crippen molar-refractivity contribution >= 4 is 27.8 Å². The Kier molecular flexibility index (Phi) is 5.85. The summed E-state index contributed by atoms with van der Waals surface area (Å²) in [5.41, 5.74) is 0.983. The van der Waals surface area contributed by atoms with Crippen molar-refractivity contribution in [2.75, 3.05) is 6.54 Å². The van der Waals surface area contributed by atoms with E-state index in [4.69, 9.17) is 5.11 Å². The maximum atomic E-state index is 11.7. The van der Waals surface area contributed by atoms with Gasteiger partial charge in [-0.1, -0.05) is 35.0 Å². The molecule has 1 amide bonds. The fourth-order valence-corrected chi connectivity index (χ4v) is 2.05. The predicted octanol–water partition coefficient (Wildman–Crippen LogP) is 2.66. The van der Waals surface area contributed by atoms with E-state index in [2.05, 4.69) is 15.9 Å². The average molecular weight is 314 g/mol. The molecule has 0 aliphatic carbocycles. The summed E-state index contributed by atoms with van der Waals surface area (Å²) >= 11 is 3.37. The van der Waals surface area contributed by atoms with E-state index in [1.165, 1.54) is 0 Å². The van der Waals surface area contributed by atoms with E-state index in [1.807, 2.05) is 24.3 Å². The molecule has 0 aliphatic heterocycles. The third kappa shape index (κ3) is 4.87.